The summed E-state index contributed by atoms with van der Waals surface area (Å²) in [6.45, 7) is 7.87. The Bertz CT molecular complexity index is 913. The lowest BCUT2D eigenvalue weighted by Crippen LogP contribution is -2.46. The number of aryl methyl sites for hydroxylation is 1. The van der Waals surface area contributed by atoms with E-state index in [1.165, 1.54) is 5.56 Å². The van der Waals surface area contributed by atoms with Gasteiger partial charge in [-0.05, 0) is 37.5 Å². The second kappa shape index (κ2) is 7.98. The van der Waals surface area contributed by atoms with Crippen LogP contribution in [-0.2, 0) is 11.2 Å². The molecule has 0 amide bonds. The van der Waals surface area contributed by atoms with Crippen molar-refractivity contribution in [1.82, 2.24) is 20.2 Å². The molecule has 0 spiro atoms. The van der Waals surface area contributed by atoms with Crippen molar-refractivity contribution in [3.05, 3.63) is 48.2 Å². The fraction of sp³-hybridized carbons (Fsp3) is 0.381. The highest BCUT2D eigenvalue weighted by atomic mass is 16.5. The summed E-state index contributed by atoms with van der Waals surface area (Å²) in [5.74, 6) is 2.15. The molecular formula is C21H26N6O. The van der Waals surface area contributed by atoms with Gasteiger partial charge in [0.1, 0.15) is 5.82 Å². The molecule has 3 heterocycles. The topological polar surface area (TPSA) is 79.0 Å². The lowest BCUT2D eigenvalue weighted by atomic mass is 10.1. The number of morpholine rings is 1. The molecule has 1 saturated heterocycles. The van der Waals surface area contributed by atoms with E-state index >= 15 is 0 Å². The average Bonchev–Trinajstić information content (AvgIpc) is 3.16. The van der Waals surface area contributed by atoms with E-state index in [1.807, 2.05) is 12.1 Å². The van der Waals surface area contributed by atoms with Gasteiger partial charge in [0.25, 0.3) is 0 Å². The van der Waals surface area contributed by atoms with Gasteiger partial charge in [0.2, 0.25) is 5.95 Å². The summed E-state index contributed by atoms with van der Waals surface area (Å²) in [4.78, 5) is 11.3. The van der Waals surface area contributed by atoms with E-state index < -0.39 is 0 Å². The Morgan fingerprint density at radius 1 is 1.11 bits per heavy atom. The molecule has 1 fully saturated rings. The lowest BCUT2D eigenvalue weighted by Gasteiger charge is -2.35. The van der Waals surface area contributed by atoms with Crippen LogP contribution in [0.2, 0.25) is 0 Å². The van der Waals surface area contributed by atoms with Gasteiger partial charge >= 0.3 is 0 Å². The predicted molar refractivity (Wildman–Crippen MR) is 111 cm³/mol. The standard InChI is InChI=1S/C21H26N6O/c1-4-16-5-7-17(8-6-16)18-11-20(26-25-18)23-19-9-10-22-21(24-19)27-12-14(2)28-15(3)13-27/h5-11,14-15H,4,12-13H2,1-3H3,(H2,22,23,24,25,26)/t14-,15+. The highest BCUT2D eigenvalue weighted by Crippen LogP contribution is 2.23. The minimum atomic E-state index is 0.164. The summed E-state index contributed by atoms with van der Waals surface area (Å²) in [5.41, 5.74) is 3.40. The summed E-state index contributed by atoms with van der Waals surface area (Å²) in [6, 6.07) is 12.3. The summed E-state index contributed by atoms with van der Waals surface area (Å²) in [7, 11) is 0. The summed E-state index contributed by atoms with van der Waals surface area (Å²) < 4.78 is 5.80. The molecule has 0 aliphatic carbocycles. The van der Waals surface area contributed by atoms with Gasteiger partial charge in [-0.3, -0.25) is 5.10 Å². The largest absolute Gasteiger partial charge is 0.372 e. The van der Waals surface area contributed by atoms with Crippen LogP contribution >= 0.6 is 0 Å². The first-order valence-electron chi connectivity index (χ1n) is 9.76. The van der Waals surface area contributed by atoms with Crippen molar-refractivity contribution in [2.24, 2.45) is 0 Å². The highest BCUT2D eigenvalue weighted by molar-refractivity contribution is 5.65. The van der Waals surface area contributed by atoms with Crippen molar-refractivity contribution in [2.75, 3.05) is 23.3 Å². The molecule has 28 heavy (non-hydrogen) atoms. The van der Waals surface area contributed by atoms with Crippen LogP contribution in [0.15, 0.2) is 42.6 Å². The number of ether oxygens (including phenoxy) is 1. The Morgan fingerprint density at radius 2 is 1.86 bits per heavy atom. The molecule has 4 rings (SSSR count). The Labute approximate surface area is 165 Å². The molecule has 2 N–H and O–H groups in total. The van der Waals surface area contributed by atoms with Crippen LogP contribution in [0.5, 0.6) is 0 Å². The number of aromatic nitrogens is 4. The van der Waals surface area contributed by atoms with Gasteiger partial charge in [0.15, 0.2) is 5.82 Å². The first-order valence-corrected chi connectivity index (χ1v) is 9.76. The van der Waals surface area contributed by atoms with Crippen LogP contribution in [0.1, 0.15) is 26.3 Å². The lowest BCUT2D eigenvalue weighted by molar-refractivity contribution is -0.00571. The smallest absolute Gasteiger partial charge is 0.227 e. The molecule has 7 nitrogen and oxygen atoms in total. The Hall–Kier alpha value is -2.93. The fourth-order valence-corrected chi connectivity index (χ4v) is 3.50. The first kappa shape index (κ1) is 18.4. The zero-order chi connectivity index (χ0) is 19.5. The van der Waals surface area contributed by atoms with Crippen molar-refractivity contribution < 1.29 is 4.74 Å². The van der Waals surface area contributed by atoms with Crippen molar-refractivity contribution in [3.63, 3.8) is 0 Å². The Kier molecular flexibility index (Phi) is 5.25. The third-order valence-electron chi connectivity index (χ3n) is 4.85. The van der Waals surface area contributed by atoms with E-state index in [4.69, 9.17) is 4.74 Å². The number of anilines is 3. The van der Waals surface area contributed by atoms with Crippen molar-refractivity contribution in [3.8, 4) is 11.3 Å². The van der Waals surface area contributed by atoms with Gasteiger partial charge in [-0.1, -0.05) is 31.2 Å². The van der Waals surface area contributed by atoms with Gasteiger partial charge in [-0.15, -0.1) is 0 Å². The molecule has 7 heteroatoms. The molecule has 1 aliphatic rings. The zero-order valence-corrected chi connectivity index (χ0v) is 16.5. The number of H-pyrrole nitrogens is 1. The number of rotatable bonds is 5. The van der Waals surface area contributed by atoms with E-state index in [9.17, 15) is 0 Å². The van der Waals surface area contributed by atoms with E-state index in [-0.39, 0.29) is 12.2 Å². The molecule has 1 aromatic carbocycles. The molecule has 146 valence electrons. The second-order valence-electron chi connectivity index (χ2n) is 7.25. The van der Waals surface area contributed by atoms with Crippen LogP contribution in [-0.4, -0.2) is 45.5 Å². The predicted octanol–water partition coefficient (Wildman–Crippen LogP) is 3.79. The van der Waals surface area contributed by atoms with Crippen molar-refractivity contribution in [1.29, 1.82) is 0 Å². The van der Waals surface area contributed by atoms with Gasteiger partial charge in [-0.25, -0.2) is 4.98 Å². The zero-order valence-electron chi connectivity index (χ0n) is 16.5. The molecule has 2 atom stereocenters. The van der Waals surface area contributed by atoms with Crippen LogP contribution < -0.4 is 10.2 Å². The minimum Gasteiger partial charge on any atom is -0.372 e. The van der Waals surface area contributed by atoms with Gasteiger partial charge in [0.05, 0.1) is 17.9 Å². The number of hydrogen-bond donors (Lipinski definition) is 2. The first-order chi connectivity index (χ1) is 13.6. The van der Waals surface area contributed by atoms with E-state index in [0.717, 1.165) is 42.4 Å². The monoisotopic (exact) mass is 378 g/mol. The number of aromatic amines is 1. The Morgan fingerprint density at radius 3 is 2.57 bits per heavy atom. The normalized spacial score (nSPS) is 19.6. The molecular weight excluding hydrogens is 352 g/mol. The summed E-state index contributed by atoms with van der Waals surface area (Å²) in [5, 5.41) is 10.7. The van der Waals surface area contributed by atoms with Crippen molar-refractivity contribution >= 4 is 17.6 Å². The average molecular weight is 378 g/mol. The second-order valence-corrected chi connectivity index (χ2v) is 7.25. The summed E-state index contributed by atoms with van der Waals surface area (Å²) in [6.07, 6.45) is 3.13. The minimum absolute atomic E-state index is 0.164. The molecule has 0 saturated carbocycles. The number of nitrogens with one attached hydrogen (secondary N) is 2. The van der Waals surface area contributed by atoms with E-state index in [0.29, 0.717) is 5.95 Å². The van der Waals surface area contributed by atoms with Crippen LogP contribution in [0, 0.1) is 0 Å². The Balaban J connectivity index is 1.48. The van der Waals surface area contributed by atoms with Crippen molar-refractivity contribution in [2.45, 2.75) is 39.4 Å². The quantitative estimate of drug-likeness (QED) is 0.703. The van der Waals surface area contributed by atoms with Gasteiger partial charge < -0.3 is 15.0 Å². The molecule has 2 aromatic heterocycles. The fourth-order valence-electron chi connectivity index (χ4n) is 3.50. The summed E-state index contributed by atoms with van der Waals surface area (Å²) >= 11 is 0. The third kappa shape index (κ3) is 4.14. The van der Waals surface area contributed by atoms with Gasteiger partial charge in [-0.2, -0.15) is 10.1 Å². The van der Waals surface area contributed by atoms with E-state index in [1.54, 1.807) is 6.20 Å². The maximum atomic E-state index is 5.80. The SMILES string of the molecule is CCc1ccc(-c2cc(Nc3ccnc(N4C[C@@H](C)O[C@@H](C)C4)n3)n[nH]2)cc1. The number of benzene rings is 1. The van der Waals surface area contributed by atoms with Crippen LogP contribution in [0.25, 0.3) is 11.3 Å². The molecule has 0 unspecified atom stereocenters. The highest BCUT2D eigenvalue weighted by Gasteiger charge is 2.24. The maximum Gasteiger partial charge on any atom is 0.227 e. The van der Waals surface area contributed by atoms with Crippen LogP contribution in [0.4, 0.5) is 17.6 Å². The molecule has 0 bridgehead atoms. The van der Waals surface area contributed by atoms with E-state index in [2.05, 4.69) is 75.4 Å². The third-order valence-corrected chi connectivity index (χ3v) is 4.85. The van der Waals surface area contributed by atoms with Gasteiger partial charge in [0, 0.05) is 25.4 Å². The molecule has 1 aliphatic heterocycles. The number of hydrogen-bond acceptors (Lipinski definition) is 6. The maximum absolute atomic E-state index is 5.80. The molecule has 3 aromatic rings. The number of nitrogens with zero attached hydrogens (tertiary/aromatic N) is 4. The molecule has 0 radical (unpaired) electrons. The van der Waals surface area contributed by atoms with Crippen LogP contribution in [0.3, 0.4) is 0 Å².